The van der Waals surface area contributed by atoms with Crippen LogP contribution in [0.25, 0.3) is 22.3 Å². The maximum Gasteiger partial charge on any atom is 0.409 e. The van der Waals surface area contributed by atoms with Crippen LogP contribution in [-0.2, 0) is 34.7 Å². The zero-order valence-corrected chi connectivity index (χ0v) is 17.4. The van der Waals surface area contributed by atoms with Gasteiger partial charge in [0.2, 0.25) is 0 Å². The molecule has 1 aromatic carbocycles. The number of benzene rings is 1. The summed E-state index contributed by atoms with van der Waals surface area (Å²) in [6, 6.07) is 6.68. The molecule has 2 aliphatic rings. The van der Waals surface area contributed by atoms with Gasteiger partial charge in [-0.05, 0) is 43.2 Å². The molecule has 0 saturated heterocycles. The van der Waals surface area contributed by atoms with Crippen LogP contribution in [0.15, 0.2) is 29.1 Å². The van der Waals surface area contributed by atoms with Crippen molar-refractivity contribution < 1.29 is 24.2 Å². The summed E-state index contributed by atoms with van der Waals surface area (Å²) in [6.07, 6.45) is 0.654. The van der Waals surface area contributed by atoms with E-state index in [1.807, 2.05) is 6.92 Å². The molecule has 0 spiro atoms. The maximum absolute atomic E-state index is 13.2. The minimum atomic E-state index is -1.91. The van der Waals surface area contributed by atoms with Crippen LogP contribution in [0, 0.1) is 0 Å². The zero-order valence-electron chi connectivity index (χ0n) is 16.7. The molecule has 2 aromatic heterocycles. The van der Waals surface area contributed by atoms with Crippen molar-refractivity contribution in [3.05, 3.63) is 56.9 Å². The summed E-state index contributed by atoms with van der Waals surface area (Å²) < 4.78 is 11.6. The molecule has 0 radical (unpaired) electrons. The lowest BCUT2D eigenvalue weighted by molar-refractivity contribution is -0.169. The Balaban J connectivity index is 1.77. The SMILES string of the molecule is CCc1c2c(nc3ccc(OC(=O)Cl)cc13)-c1cc3c(c(=O)n1C2)COC(=O)[C@@]3(C)O. The van der Waals surface area contributed by atoms with Gasteiger partial charge in [-0.25, -0.2) is 14.6 Å². The first-order valence-corrected chi connectivity index (χ1v) is 10.1. The van der Waals surface area contributed by atoms with Crippen molar-refractivity contribution in [3.8, 4) is 17.1 Å². The van der Waals surface area contributed by atoms with Crippen LogP contribution < -0.4 is 10.3 Å². The number of fused-ring (bicyclic) bond motifs is 5. The first-order chi connectivity index (χ1) is 14.7. The van der Waals surface area contributed by atoms with Gasteiger partial charge in [-0.1, -0.05) is 6.92 Å². The lowest BCUT2D eigenvalue weighted by Gasteiger charge is -2.29. The third kappa shape index (κ3) is 2.79. The van der Waals surface area contributed by atoms with Crippen molar-refractivity contribution in [3.63, 3.8) is 0 Å². The maximum atomic E-state index is 13.2. The molecule has 31 heavy (non-hydrogen) atoms. The second-order valence-corrected chi connectivity index (χ2v) is 8.06. The van der Waals surface area contributed by atoms with E-state index in [1.54, 1.807) is 28.8 Å². The average molecular weight is 441 g/mol. The van der Waals surface area contributed by atoms with E-state index in [2.05, 4.69) is 0 Å². The molecule has 0 bridgehead atoms. The van der Waals surface area contributed by atoms with E-state index in [9.17, 15) is 19.5 Å². The summed E-state index contributed by atoms with van der Waals surface area (Å²) in [5.74, 6) is -0.483. The van der Waals surface area contributed by atoms with Crippen LogP contribution in [0.2, 0.25) is 0 Å². The van der Waals surface area contributed by atoms with Crippen LogP contribution >= 0.6 is 11.6 Å². The van der Waals surface area contributed by atoms with E-state index in [-0.39, 0.29) is 23.3 Å². The van der Waals surface area contributed by atoms with Crippen molar-refractivity contribution in [2.45, 2.75) is 39.0 Å². The van der Waals surface area contributed by atoms with Crippen LogP contribution in [0.1, 0.15) is 36.1 Å². The summed E-state index contributed by atoms with van der Waals surface area (Å²) >= 11 is 5.34. The fraction of sp³-hybridized carbons (Fsp3) is 0.273. The summed E-state index contributed by atoms with van der Waals surface area (Å²) in [5, 5.41) is 11.5. The number of carbonyl (C=O) groups is 2. The topological polar surface area (TPSA) is 108 Å². The lowest BCUT2D eigenvalue weighted by Crippen LogP contribution is -2.42. The fourth-order valence-corrected chi connectivity index (χ4v) is 4.54. The summed E-state index contributed by atoms with van der Waals surface area (Å²) in [6.45, 7) is 3.44. The number of hydrogen-bond acceptors (Lipinski definition) is 7. The Kier molecular flexibility index (Phi) is 4.22. The highest BCUT2D eigenvalue weighted by molar-refractivity contribution is 6.61. The predicted molar refractivity (Wildman–Crippen MR) is 111 cm³/mol. The number of pyridine rings is 2. The largest absolute Gasteiger partial charge is 0.458 e. The van der Waals surface area contributed by atoms with E-state index in [1.165, 1.54) is 6.92 Å². The molecule has 4 heterocycles. The Morgan fingerprint density at radius 3 is 2.81 bits per heavy atom. The van der Waals surface area contributed by atoms with Crippen LogP contribution in [0.5, 0.6) is 5.75 Å². The molecule has 1 atom stereocenters. The Morgan fingerprint density at radius 2 is 2.10 bits per heavy atom. The van der Waals surface area contributed by atoms with Gasteiger partial charge >= 0.3 is 11.4 Å². The molecule has 0 fully saturated rings. The van der Waals surface area contributed by atoms with Crippen LogP contribution in [0.3, 0.4) is 0 Å². The minimum Gasteiger partial charge on any atom is -0.458 e. The smallest absolute Gasteiger partial charge is 0.409 e. The average Bonchev–Trinajstić information content (AvgIpc) is 3.08. The summed E-state index contributed by atoms with van der Waals surface area (Å²) in [7, 11) is 0. The molecule has 0 unspecified atom stereocenters. The molecule has 158 valence electrons. The second kappa shape index (κ2) is 6.63. The number of aryl methyl sites for hydroxylation is 1. The van der Waals surface area contributed by atoms with Gasteiger partial charge in [0.1, 0.15) is 12.4 Å². The third-order valence-corrected chi connectivity index (χ3v) is 6.03. The Labute approximate surface area is 181 Å². The molecule has 2 aliphatic heterocycles. The van der Waals surface area contributed by atoms with Crippen molar-refractivity contribution in [2.75, 3.05) is 0 Å². The zero-order chi connectivity index (χ0) is 22.1. The van der Waals surface area contributed by atoms with Gasteiger partial charge in [0, 0.05) is 28.1 Å². The number of aromatic nitrogens is 2. The number of nitrogens with zero attached hydrogens (tertiary/aromatic N) is 2. The van der Waals surface area contributed by atoms with Gasteiger partial charge in [0.05, 0.1) is 29.0 Å². The van der Waals surface area contributed by atoms with Gasteiger partial charge in [-0.2, -0.15) is 0 Å². The number of ether oxygens (including phenoxy) is 2. The minimum absolute atomic E-state index is 0.178. The standard InChI is InChI=1S/C22H17ClN2O6/c1-3-11-12-6-10(31-21(23)28)4-5-16(12)24-18-13(11)8-25-17(18)7-15-14(19(25)26)9-30-20(27)22(15,2)29/h4-7,29H,3,8-9H2,1-2H3/t22-/m0/s1. The molecule has 0 saturated carbocycles. The van der Waals surface area contributed by atoms with Gasteiger partial charge in [-0.3, -0.25) is 4.79 Å². The van der Waals surface area contributed by atoms with E-state index < -0.39 is 17.0 Å². The highest BCUT2D eigenvalue weighted by atomic mass is 35.5. The van der Waals surface area contributed by atoms with Crippen LogP contribution in [-0.4, -0.2) is 26.1 Å². The molecule has 0 aliphatic carbocycles. The number of esters is 1. The predicted octanol–water partition coefficient (Wildman–Crippen LogP) is 2.99. The normalized spacial score (nSPS) is 18.9. The first kappa shape index (κ1) is 19.7. The van der Waals surface area contributed by atoms with Gasteiger partial charge in [-0.15, -0.1) is 0 Å². The number of cyclic esters (lactones) is 1. The van der Waals surface area contributed by atoms with Gasteiger partial charge in [0.25, 0.3) is 5.56 Å². The Hall–Kier alpha value is -3.23. The van der Waals surface area contributed by atoms with E-state index in [4.69, 9.17) is 26.1 Å². The first-order valence-electron chi connectivity index (χ1n) is 9.72. The molecule has 9 heteroatoms. The Bertz CT molecular complexity index is 1370. The van der Waals surface area contributed by atoms with Crippen molar-refractivity contribution in [2.24, 2.45) is 0 Å². The number of halogens is 1. The number of hydrogen-bond donors (Lipinski definition) is 1. The molecule has 1 N–H and O–H groups in total. The van der Waals surface area contributed by atoms with E-state index in [0.29, 0.717) is 35.6 Å². The number of carbonyl (C=O) groups excluding carboxylic acids is 2. The number of rotatable bonds is 2. The molecular formula is C22H17ClN2O6. The highest BCUT2D eigenvalue weighted by Crippen LogP contribution is 2.39. The van der Waals surface area contributed by atoms with Gasteiger partial charge in [0.15, 0.2) is 5.60 Å². The molecule has 5 rings (SSSR count). The quantitative estimate of drug-likeness (QED) is 0.377. The highest BCUT2D eigenvalue weighted by Gasteiger charge is 2.43. The van der Waals surface area contributed by atoms with Gasteiger partial charge < -0.3 is 19.1 Å². The molecule has 0 amide bonds. The summed E-state index contributed by atoms with van der Waals surface area (Å²) in [4.78, 5) is 41.1. The monoisotopic (exact) mass is 440 g/mol. The second-order valence-electron chi connectivity index (χ2n) is 7.75. The molecule has 3 aromatic rings. The number of aliphatic hydroxyl groups is 1. The Morgan fingerprint density at radius 1 is 1.32 bits per heavy atom. The fourth-order valence-electron chi connectivity index (χ4n) is 4.45. The molecule has 8 nitrogen and oxygen atoms in total. The van der Waals surface area contributed by atoms with Crippen molar-refractivity contribution in [1.82, 2.24) is 9.55 Å². The van der Waals surface area contributed by atoms with Crippen LogP contribution in [0.4, 0.5) is 4.79 Å². The van der Waals surface area contributed by atoms with Crippen molar-refractivity contribution in [1.29, 1.82) is 0 Å². The molecular weight excluding hydrogens is 424 g/mol. The third-order valence-electron chi connectivity index (χ3n) is 5.96. The van der Waals surface area contributed by atoms with E-state index >= 15 is 0 Å². The summed E-state index contributed by atoms with van der Waals surface area (Å²) in [5.41, 5.74) is 1.02. The van der Waals surface area contributed by atoms with E-state index in [0.717, 1.165) is 16.5 Å². The lowest BCUT2D eigenvalue weighted by atomic mass is 9.89. The van der Waals surface area contributed by atoms with Crippen molar-refractivity contribution >= 4 is 33.9 Å².